The number of nitrogens with zero attached hydrogens (tertiary/aromatic N) is 1. The topological polar surface area (TPSA) is 81.4 Å². The van der Waals surface area contributed by atoms with Crippen molar-refractivity contribution in [2.75, 3.05) is 5.32 Å². The molecule has 6 heteroatoms. The molecule has 0 saturated carbocycles. The van der Waals surface area contributed by atoms with E-state index in [4.69, 9.17) is 9.15 Å². The van der Waals surface area contributed by atoms with Gasteiger partial charge in [-0.25, -0.2) is 9.78 Å². The van der Waals surface area contributed by atoms with Gasteiger partial charge < -0.3 is 14.5 Å². The Balaban J connectivity index is 1.94. The van der Waals surface area contributed by atoms with E-state index in [0.29, 0.717) is 17.0 Å². The molecular formula is C19H18N2O4. The van der Waals surface area contributed by atoms with Crippen molar-refractivity contribution in [3.63, 3.8) is 0 Å². The van der Waals surface area contributed by atoms with Gasteiger partial charge in [0.1, 0.15) is 17.0 Å². The zero-order chi connectivity index (χ0) is 18.0. The number of carbonyl (C=O) groups is 1. The Morgan fingerprint density at radius 1 is 1.24 bits per heavy atom. The molecule has 0 unspecified atom stereocenters. The number of benzene rings is 1. The van der Waals surface area contributed by atoms with Gasteiger partial charge in [-0.3, -0.25) is 4.79 Å². The molecule has 1 N–H and O–H groups in total. The summed E-state index contributed by atoms with van der Waals surface area (Å²) < 4.78 is 11.0. The lowest BCUT2D eigenvalue weighted by atomic mass is 10.1. The van der Waals surface area contributed by atoms with Crippen LogP contribution in [0.4, 0.5) is 5.69 Å². The minimum atomic E-state index is -0.412. The smallest absolute Gasteiger partial charge is 0.336 e. The molecule has 0 fully saturated rings. The van der Waals surface area contributed by atoms with Gasteiger partial charge in [-0.2, -0.15) is 0 Å². The summed E-state index contributed by atoms with van der Waals surface area (Å²) in [6, 6.07) is 10.1. The van der Waals surface area contributed by atoms with Crippen molar-refractivity contribution in [1.82, 2.24) is 4.98 Å². The van der Waals surface area contributed by atoms with Crippen LogP contribution >= 0.6 is 0 Å². The Bertz CT molecular complexity index is 992. The molecule has 0 aliphatic heterocycles. The molecule has 0 atom stereocenters. The first-order chi connectivity index (χ1) is 11.9. The number of nitrogens with one attached hydrogen (secondary N) is 1. The van der Waals surface area contributed by atoms with Crippen LogP contribution in [-0.2, 0) is 4.79 Å². The minimum Gasteiger partial charge on any atom is -0.437 e. The predicted molar refractivity (Wildman–Crippen MR) is 95.0 cm³/mol. The van der Waals surface area contributed by atoms with Gasteiger partial charge in [0, 0.05) is 29.6 Å². The monoisotopic (exact) mass is 338 g/mol. The Labute approximate surface area is 144 Å². The van der Waals surface area contributed by atoms with Crippen molar-refractivity contribution in [3.05, 3.63) is 58.6 Å². The molecule has 0 aliphatic rings. The number of fused-ring (bicyclic) bond motifs is 1. The van der Waals surface area contributed by atoms with E-state index in [9.17, 15) is 9.59 Å². The molecule has 2 aromatic heterocycles. The van der Waals surface area contributed by atoms with Gasteiger partial charge in [0.25, 0.3) is 0 Å². The lowest BCUT2D eigenvalue weighted by molar-refractivity contribution is -0.118. The van der Waals surface area contributed by atoms with Crippen LogP contribution in [0.3, 0.4) is 0 Å². The standard InChI is InChI=1S/C19H18N2O4/c1-11(2)18(23)21-15-5-4-8-20-19(15)24-13-6-7-14-12(3)9-17(22)25-16(14)10-13/h4-11H,1-3H3,(H,21,23). The zero-order valence-corrected chi connectivity index (χ0v) is 14.2. The molecule has 0 radical (unpaired) electrons. The Morgan fingerprint density at radius 3 is 2.80 bits per heavy atom. The maximum atomic E-state index is 11.9. The Hall–Kier alpha value is -3.15. The van der Waals surface area contributed by atoms with Gasteiger partial charge >= 0.3 is 5.63 Å². The summed E-state index contributed by atoms with van der Waals surface area (Å²) in [4.78, 5) is 27.6. The average Bonchev–Trinajstić information content (AvgIpc) is 2.56. The highest BCUT2D eigenvalue weighted by Crippen LogP contribution is 2.29. The molecule has 3 aromatic rings. The second-order valence-electron chi connectivity index (χ2n) is 6.01. The summed E-state index contributed by atoms with van der Waals surface area (Å²) in [5.74, 6) is 0.440. The SMILES string of the molecule is Cc1cc(=O)oc2cc(Oc3ncccc3NC(=O)C(C)C)ccc12. The maximum Gasteiger partial charge on any atom is 0.336 e. The van der Waals surface area contributed by atoms with Gasteiger partial charge in [-0.1, -0.05) is 13.8 Å². The van der Waals surface area contributed by atoms with Crippen molar-refractivity contribution >= 4 is 22.6 Å². The van der Waals surface area contributed by atoms with Crippen LogP contribution in [0, 0.1) is 12.8 Å². The Kier molecular flexibility index (Phi) is 4.52. The van der Waals surface area contributed by atoms with E-state index in [-0.39, 0.29) is 17.7 Å². The lowest BCUT2D eigenvalue weighted by Crippen LogP contribution is -2.18. The largest absolute Gasteiger partial charge is 0.437 e. The number of aryl methyl sites for hydroxylation is 1. The van der Waals surface area contributed by atoms with E-state index in [2.05, 4.69) is 10.3 Å². The van der Waals surface area contributed by atoms with Crippen LogP contribution in [-0.4, -0.2) is 10.9 Å². The number of carbonyl (C=O) groups excluding carboxylic acids is 1. The molecule has 1 amide bonds. The normalized spacial score (nSPS) is 10.9. The third kappa shape index (κ3) is 3.68. The fraction of sp³-hybridized carbons (Fsp3) is 0.211. The summed E-state index contributed by atoms with van der Waals surface area (Å²) in [5.41, 5.74) is 1.34. The number of amides is 1. The quantitative estimate of drug-likeness (QED) is 0.730. The van der Waals surface area contributed by atoms with Crippen LogP contribution in [0.25, 0.3) is 11.0 Å². The predicted octanol–water partition coefficient (Wildman–Crippen LogP) is 3.88. The lowest BCUT2D eigenvalue weighted by Gasteiger charge is -2.12. The number of hydrogen-bond acceptors (Lipinski definition) is 5. The second-order valence-corrected chi connectivity index (χ2v) is 6.01. The van der Waals surface area contributed by atoms with Crippen molar-refractivity contribution in [2.45, 2.75) is 20.8 Å². The van der Waals surface area contributed by atoms with Crippen molar-refractivity contribution < 1.29 is 13.9 Å². The number of hydrogen-bond donors (Lipinski definition) is 1. The molecular weight excluding hydrogens is 320 g/mol. The highest BCUT2D eigenvalue weighted by Gasteiger charge is 2.13. The fourth-order valence-corrected chi connectivity index (χ4v) is 2.32. The molecule has 0 bridgehead atoms. The number of pyridine rings is 1. The number of aromatic nitrogens is 1. The van der Waals surface area contributed by atoms with Crippen LogP contribution in [0.1, 0.15) is 19.4 Å². The second kappa shape index (κ2) is 6.76. The van der Waals surface area contributed by atoms with E-state index in [1.807, 2.05) is 13.0 Å². The van der Waals surface area contributed by atoms with Crippen molar-refractivity contribution in [2.24, 2.45) is 5.92 Å². The van der Waals surface area contributed by atoms with E-state index in [1.54, 1.807) is 44.3 Å². The van der Waals surface area contributed by atoms with Gasteiger partial charge in [-0.05, 0) is 36.8 Å². The van der Waals surface area contributed by atoms with Crippen molar-refractivity contribution in [1.29, 1.82) is 0 Å². The molecule has 2 heterocycles. The zero-order valence-electron chi connectivity index (χ0n) is 14.2. The number of rotatable bonds is 4. The van der Waals surface area contributed by atoms with Crippen LogP contribution in [0.5, 0.6) is 11.6 Å². The molecule has 6 nitrogen and oxygen atoms in total. The van der Waals surface area contributed by atoms with Crippen LogP contribution < -0.4 is 15.7 Å². The van der Waals surface area contributed by atoms with Gasteiger partial charge in [0.2, 0.25) is 11.8 Å². The molecule has 0 aliphatic carbocycles. The van der Waals surface area contributed by atoms with E-state index >= 15 is 0 Å². The molecule has 3 rings (SSSR count). The Morgan fingerprint density at radius 2 is 2.04 bits per heavy atom. The van der Waals surface area contributed by atoms with Crippen molar-refractivity contribution in [3.8, 4) is 11.6 Å². The summed E-state index contributed by atoms with van der Waals surface area (Å²) in [6.45, 7) is 5.46. The summed E-state index contributed by atoms with van der Waals surface area (Å²) in [5, 5.41) is 3.62. The third-order valence-electron chi connectivity index (χ3n) is 3.69. The summed E-state index contributed by atoms with van der Waals surface area (Å²) in [6.07, 6.45) is 1.58. The number of ether oxygens (including phenoxy) is 1. The highest BCUT2D eigenvalue weighted by atomic mass is 16.5. The number of anilines is 1. The minimum absolute atomic E-state index is 0.127. The molecule has 0 saturated heterocycles. The van der Waals surface area contributed by atoms with Gasteiger partial charge in [0.05, 0.1) is 0 Å². The van der Waals surface area contributed by atoms with Gasteiger partial charge in [0.15, 0.2) is 0 Å². The molecule has 1 aromatic carbocycles. The third-order valence-corrected chi connectivity index (χ3v) is 3.69. The van der Waals surface area contributed by atoms with Crippen LogP contribution in [0.15, 0.2) is 51.8 Å². The molecule has 25 heavy (non-hydrogen) atoms. The van der Waals surface area contributed by atoms with E-state index < -0.39 is 5.63 Å². The van der Waals surface area contributed by atoms with E-state index in [0.717, 1.165) is 10.9 Å². The summed E-state index contributed by atoms with van der Waals surface area (Å²) in [7, 11) is 0. The maximum absolute atomic E-state index is 11.9. The first-order valence-electron chi connectivity index (χ1n) is 7.92. The highest BCUT2D eigenvalue weighted by molar-refractivity contribution is 5.93. The van der Waals surface area contributed by atoms with E-state index in [1.165, 1.54) is 6.07 Å². The first kappa shape index (κ1) is 16.7. The van der Waals surface area contributed by atoms with Gasteiger partial charge in [-0.15, -0.1) is 0 Å². The molecule has 128 valence electrons. The molecule has 0 spiro atoms. The van der Waals surface area contributed by atoms with Crippen LogP contribution in [0.2, 0.25) is 0 Å². The fourth-order valence-electron chi connectivity index (χ4n) is 2.32. The first-order valence-corrected chi connectivity index (χ1v) is 7.92. The summed E-state index contributed by atoms with van der Waals surface area (Å²) >= 11 is 0. The average molecular weight is 338 g/mol.